The molecule has 0 radical (unpaired) electrons. The van der Waals surface area contributed by atoms with Crippen LogP contribution in [0.15, 0.2) is 29.3 Å². The smallest absolute Gasteiger partial charge is 0.225 e. The molecule has 1 amide bonds. The van der Waals surface area contributed by atoms with Gasteiger partial charge >= 0.3 is 0 Å². The quantitative estimate of drug-likeness (QED) is 0.520. The average Bonchev–Trinajstić information content (AvgIpc) is 2.70. The number of nitrogens with one attached hydrogen (secondary N) is 3. The number of aliphatic imine (C=N–C) groups is 1. The van der Waals surface area contributed by atoms with Gasteiger partial charge in [-0.1, -0.05) is 37.5 Å². The Hall–Kier alpha value is -2.08. The predicted octanol–water partition coefficient (Wildman–Crippen LogP) is 2.79. The van der Waals surface area contributed by atoms with E-state index in [4.69, 9.17) is 0 Å². The second kappa shape index (κ2) is 9.92. The van der Waals surface area contributed by atoms with E-state index >= 15 is 0 Å². The maximum absolute atomic E-state index is 12.0. The van der Waals surface area contributed by atoms with E-state index in [0.717, 1.165) is 24.1 Å². The van der Waals surface area contributed by atoms with Crippen LogP contribution in [0.1, 0.15) is 50.0 Å². The van der Waals surface area contributed by atoms with Gasteiger partial charge in [-0.3, -0.25) is 9.79 Å². The molecule has 3 rings (SSSR count). The van der Waals surface area contributed by atoms with Crippen molar-refractivity contribution in [3.05, 3.63) is 29.8 Å². The first kappa shape index (κ1) is 20.6. The Balaban J connectivity index is 1.55. The molecular weight excluding hydrogens is 350 g/mol. The number of rotatable bonds is 6. The van der Waals surface area contributed by atoms with Crippen molar-refractivity contribution in [1.29, 1.82) is 0 Å². The minimum Gasteiger partial charge on any atom is -0.356 e. The highest BCUT2D eigenvalue weighted by atomic mass is 16.1. The van der Waals surface area contributed by atoms with Gasteiger partial charge in [0.05, 0.1) is 0 Å². The van der Waals surface area contributed by atoms with Gasteiger partial charge in [0, 0.05) is 44.2 Å². The standard InChI is InChI=1S/C22H35N5O/c1-23-22(25-15-20(27(2)3)16-9-5-4-6-10-16)24-14-17-13-21(28)26-19-12-8-7-11-18(17)19/h7-8,11-12,16-17,20H,4-6,9-10,13-15H2,1-3H3,(H,26,28)(H2,23,24,25). The van der Waals surface area contributed by atoms with Crippen LogP contribution in [0, 0.1) is 5.92 Å². The number of carbonyl (C=O) groups is 1. The van der Waals surface area contributed by atoms with E-state index in [1.165, 1.54) is 37.7 Å². The molecule has 154 valence electrons. The lowest BCUT2D eigenvalue weighted by molar-refractivity contribution is -0.116. The molecule has 1 saturated carbocycles. The van der Waals surface area contributed by atoms with Gasteiger partial charge in [-0.25, -0.2) is 0 Å². The summed E-state index contributed by atoms with van der Waals surface area (Å²) in [4.78, 5) is 18.8. The van der Waals surface area contributed by atoms with E-state index in [0.29, 0.717) is 19.0 Å². The molecule has 2 aliphatic rings. The second-order valence-electron chi connectivity index (χ2n) is 8.30. The molecule has 1 aromatic rings. The van der Waals surface area contributed by atoms with Crippen molar-refractivity contribution in [3.8, 4) is 0 Å². The fraction of sp³-hybridized carbons (Fsp3) is 0.636. The van der Waals surface area contributed by atoms with E-state index < -0.39 is 0 Å². The minimum absolute atomic E-state index is 0.0819. The molecule has 0 aromatic heterocycles. The van der Waals surface area contributed by atoms with Crippen LogP contribution in [0.5, 0.6) is 0 Å². The van der Waals surface area contributed by atoms with Crippen molar-refractivity contribution in [2.45, 2.75) is 50.5 Å². The molecule has 1 aliphatic heterocycles. The Morgan fingerprint density at radius 1 is 1.21 bits per heavy atom. The summed E-state index contributed by atoms with van der Waals surface area (Å²) < 4.78 is 0. The van der Waals surface area contributed by atoms with Gasteiger partial charge in [0.25, 0.3) is 0 Å². The summed E-state index contributed by atoms with van der Waals surface area (Å²) in [5, 5.41) is 9.92. The van der Waals surface area contributed by atoms with Gasteiger partial charge in [-0.15, -0.1) is 0 Å². The van der Waals surface area contributed by atoms with Gasteiger partial charge in [-0.05, 0) is 44.5 Å². The lowest BCUT2D eigenvalue weighted by Gasteiger charge is -2.35. The van der Waals surface area contributed by atoms with Gasteiger partial charge in [0.1, 0.15) is 0 Å². The topological polar surface area (TPSA) is 68.8 Å². The SMILES string of the molecule is CN=C(NCC1CC(=O)Nc2ccccc21)NCC(C1CCCCC1)N(C)C. The molecule has 2 unspecified atom stereocenters. The fourth-order valence-corrected chi connectivity index (χ4v) is 4.62. The molecule has 0 bridgehead atoms. The van der Waals surface area contributed by atoms with E-state index in [-0.39, 0.29) is 11.8 Å². The third-order valence-electron chi connectivity index (χ3n) is 6.18. The maximum Gasteiger partial charge on any atom is 0.225 e. The molecule has 6 heteroatoms. The third-order valence-corrected chi connectivity index (χ3v) is 6.18. The molecule has 0 spiro atoms. The van der Waals surface area contributed by atoms with Gasteiger partial charge < -0.3 is 20.9 Å². The Bertz CT molecular complexity index is 681. The number of benzene rings is 1. The summed E-state index contributed by atoms with van der Waals surface area (Å²) in [5.41, 5.74) is 2.12. The number of carbonyl (C=O) groups excluding carboxylic acids is 1. The first-order valence-electron chi connectivity index (χ1n) is 10.6. The number of likely N-dealkylation sites (N-methyl/N-ethyl adjacent to an activating group) is 1. The lowest BCUT2D eigenvalue weighted by atomic mass is 9.83. The second-order valence-corrected chi connectivity index (χ2v) is 8.30. The summed E-state index contributed by atoms with van der Waals surface area (Å²) in [7, 11) is 6.16. The van der Waals surface area contributed by atoms with Crippen LogP contribution in [0.2, 0.25) is 0 Å². The predicted molar refractivity (Wildman–Crippen MR) is 116 cm³/mol. The summed E-state index contributed by atoms with van der Waals surface area (Å²) in [5.74, 6) is 1.80. The minimum atomic E-state index is 0.0819. The number of amides is 1. The van der Waals surface area contributed by atoms with E-state index in [1.54, 1.807) is 0 Å². The van der Waals surface area contributed by atoms with Crippen molar-refractivity contribution in [2.75, 3.05) is 39.5 Å². The lowest BCUT2D eigenvalue weighted by Crippen LogP contribution is -2.49. The Labute approximate surface area is 169 Å². The van der Waals surface area contributed by atoms with Crippen LogP contribution in [-0.2, 0) is 4.79 Å². The van der Waals surface area contributed by atoms with E-state index in [2.05, 4.69) is 46.0 Å². The van der Waals surface area contributed by atoms with Crippen LogP contribution in [-0.4, -0.2) is 57.0 Å². The van der Waals surface area contributed by atoms with E-state index in [9.17, 15) is 4.79 Å². The van der Waals surface area contributed by atoms with Crippen LogP contribution < -0.4 is 16.0 Å². The van der Waals surface area contributed by atoms with Crippen molar-refractivity contribution in [2.24, 2.45) is 10.9 Å². The zero-order valence-electron chi connectivity index (χ0n) is 17.5. The molecule has 1 aromatic carbocycles. The molecule has 2 atom stereocenters. The third kappa shape index (κ3) is 5.25. The number of guanidine groups is 1. The maximum atomic E-state index is 12.0. The zero-order valence-corrected chi connectivity index (χ0v) is 17.5. The highest BCUT2D eigenvalue weighted by Crippen LogP contribution is 2.31. The Morgan fingerprint density at radius 3 is 2.68 bits per heavy atom. The highest BCUT2D eigenvalue weighted by molar-refractivity contribution is 5.94. The molecular formula is C22H35N5O. The van der Waals surface area contributed by atoms with Crippen molar-refractivity contribution >= 4 is 17.6 Å². The van der Waals surface area contributed by atoms with Crippen LogP contribution in [0.25, 0.3) is 0 Å². The number of anilines is 1. The highest BCUT2D eigenvalue weighted by Gasteiger charge is 2.27. The summed E-state index contributed by atoms with van der Waals surface area (Å²) >= 11 is 0. The summed E-state index contributed by atoms with van der Waals surface area (Å²) in [6.07, 6.45) is 7.23. The number of fused-ring (bicyclic) bond motifs is 1. The molecule has 1 heterocycles. The van der Waals surface area contributed by atoms with Crippen LogP contribution in [0.3, 0.4) is 0 Å². The Morgan fingerprint density at radius 2 is 1.96 bits per heavy atom. The van der Waals surface area contributed by atoms with Gasteiger partial charge in [0.2, 0.25) is 5.91 Å². The zero-order chi connectivity index (χ0) is 19.9. The largest absolute Gasteiger partial charge is 0.356 e. The first-order valence-corrected chi connectivity index (χ1v) is 10.6. The van der Waals surface area contributed by atoms with Crippen molar-refractivity contribution in [3.63, 3.8) is 0 Å². The Kier molecular flexibility index (Phi) is 7.31. The molecule has 1 fully saturated rings. The molecule has 3 N–H and O–H groups in total. The van der Waals surface area contributed by atoms with E-state index in [1.807, 2.05) is 25.2 Å². The molecule has 0 saturated heterocycles. The summed E-state index contributed by atoms with van der Waals surface area (Å²) in [6.45, 7) is 1.58. The van der Waals surface area contributed by atoms with Crippen molar-refractivity contribution < 1.29 is 4.79 Å². The normalized spacial score (nSPS) is 21.8. The monoisotopic (exact) mass is 385 g/mol. The van der Waals surface area contributed by atoms with Crippen molar-refractivity contribution in [1.82, 2.24) is 15.5 Å². The molecule has 1 aliphatic carbocycles. The average molecular weight is 386 g/mol. The molecule has 28 heavy (non-hydrogen) atoms. The molecule has 6 nitrogen and oxygen atoms in total. The van der Waals surface area contributed by atoms with Crippen LogP contribution in [0.4, 0.5) is 5.69 Å². The first-order chi connectivity index (χ1) is 13.6. The summed E-state index contributed by atoms with van der Waals surface area (Å²) in [6, 6.07) is 8.57. The fourth-order valence-electron chi connectivity index (χ4n) is 4.62. The van der Waals surface area contributed by atoms with Gasteiger partial charge in [0.15, 0.2) is 5.96 Å². The van der Waals surface area contributed by atoms with Gasteiger partial charge in [-0.2, -0.15) is 0 Å². The number of hydrogen-bond donors (Lipinski definition) is 3. The number of nitrogens with zero attached hydrogens (tertiary/aromatic N) is 2. The number of para-hydroxylation sites is 1. The number of hydrogen-bond acceptors (Lipinski definition) is 3. The van der Waals surface area contributed by atoms with Crippen LogP contribution >= 0.6 is 0 Å².